The van der Waals surface area contributed by atoms with Gasteiger partial charge in [0.05, 0.1) is 0 Å². The maximum atomic E-state index is 10.9. The monoisotopic (exact) mass is 1380 g/mol. The molecule has 6 aliphatic carbocycles. The van der Waals surface area contributed by atoms with E-state index in [9.17, 15) is 19.2 Å². The molecular weight excluding hydrogens is 1260 g/mol. The van der Waals surface area contributed by atoms with Gasteiger partial charge in [-0.3, -0.25) is 0 Å². The number of aliphatic carboxylic acids is 4. The van der Waals surface area contributed by atoms with E-state index in [1.54, 1.807) is 19.4 Å². The molecule has 8 heteroatoms. The summed E-state index contributed by atoms with van der Waals surface area (Å²) in [6, 6.07) is 16.6. The van der Waals surface area contributed by atoms with Crippen LogP contribution in [0.1, 0.15) is 303 Å². The Morgan fingerprint density at radius 1 is 0.431 bits per heavy atom. The molecule has 0 bridgehead atoms. The topological polar surface area (TPSA) is 149 Å². The molecule has 4 N–H and O–H groups in total. The molecule has 2 saturated carbocycles. The SMILES string of the molecule is C/C(=C/C=C/C(C)=C/C(=O)O)c1cc2c(cc1C)C(C)(C)CCC2(C)C.CC(/C=C/C1(c2cc3c(cc2C)C(C)(C)CCC3(C)C)CC1)=C\C(=O)O.CC(/C=C/C=C(\c1ccc2c(c1)C(C)(C)CCC2(C)C)C(C)C)=C\C(=O)O.CC1=C(/C=C/C2(C/C=C/C(C)=C/C(=O)O)CC2)C(C)(C)CCC1. The van der Waals surface area contributed by atoms with Crippen molar-refractivity contribution in [2.45, 2.75) is 294 Å². The van der Waals surface area contributed by atoms with Crippen LogP contribution in [0.5, 0.6) is 0 Å². The number of fused-ring (bicyclic) bond motifs is 3. The van der Waals surface area contributed by atoms with Crippen LogP contribution in [0.4, 0.5) is 0 Å². The second-order valence-corrected chi connectivity index (χ2v) is 36.0. The van der Waals surface area contributed by atoms with E-state index in [-0.39, 0.29) is 37.9 Å². The fraction of sp³-hybridized carbons (Fsp3) is 0.511. The number of rotatable bonds is 19. The maximum absolute atomic E-state index is 10.9. The molecule has 0 heterocycles. The van der Waals surface area contributed by atoms with E-state index >= 15 is 0 Å². The van der Waals surface area contributed by atoms with Crippen LogP contribution in [0.15, 0.2) is 173 Å². The van der Waals surface area contributed by atoms with Crippen molar-refractivity contribution in [1.29, 1.82) is 0 Å². The molecule has 0 amide bonds. The summed E-state index contributed by atoms with van der Waals surface area (Å²) in [6.45, 7) is 53.5. The van der Waals surface area contributed by atoms with Gasteiger partial charge in [0.1, 0.15) is 0 Å². The molecule has 2 fully saturated rings. The predicted molar refractivity (Wildman–Crippen MR) is 430 cm³/mol. The van der Waals surface area contributed by atoms with Crippen molar-refractivity contribution in [1.82, 2.24) is 0 Å². The predicted octanol–water partition coefficient (Wildman–Crippen LogP) is 24.8. The standard InChI is InChI=1S/C25H34O2.2C24H32O2.C21H30O2/c1-17(2)20(10-8-9-18(3)15-23(26)27)19-11-12-21-22(16-19)25(6,7)14-13-24(21,4)5;1-16(13-21(25)26)7-8-24(11-12-24)18-15-20-19(14-17(18)2)22(3,4)9-10-23(20,5)6;1-16(13-22(25)26)9-8-10-17(2)19-15-21-20(14-18(19)3)23(4,5)11-12-24(21,6)7;1-16(15-19(22)23)7-5-11-21(13-14-21)12-9-18-17(2)8-6-10-20(18,3)4/h8-12,15-17H,13-14H2,1-7H3,(H,26,27);7-8,13-15H,9-12H2,1-6H3,(H,25,26);8-10,13-15H,11-12H2,1-7H3,(H,25,26);5,7,9,12,15H,6,8,10-11,13-14H2,1-4H3,(H,22,23)/b9-8+,18-15+,20-10-;8-7+,16-13+;9-8+,16-13+,17-10-;7-5+,12-9+,16-15+. The molecule has 102 heavy (non-hydrogen) atoms. The highest BCUT2D eigenvalue weighted by molar-refractivity contribution is 5.83. The molecule has 552 valence electrons. The first-order valence-corrected chi connectivity index (χ1v) is 37.7. The Hall–Kier alpha value is -7.58. The van der Waals surface area contributed by atoms with Crippen LogP contribution in [0.25, 0.3) is 11.1 Å². The van der Waals surface area contributed by atoms with Crippen molar-refractivity contribution in [3.8, 4) is 0 Å². The van der Waals surface area contributed by atoms with Crippen molar-refractivity contribution in [3.05, 3.63) is 234 Å². The summed E-state index contributed by atoms with van der Waals surface area (Å²) in [5, 5.41) is 35.3. The van der Waals surface area contributed by atoms with Crippen LogP contribution in [-0.2, 0) is 57.1 Å². The number of benzene rings is 3. The Bertz CT molecular complexity index is 4020. The highest BCUT2D eigenvalue weighted by atomic mass is 16.4. The lowest BCUT2D eigenvalue weighted by atomic mass is 9.62. The van der Waals surface area contributed by atoms with Crippen LogP contribution in [0, 0.1) is 30.6 Å². The van der Waals surface area contributed by atoms with E-state index in [1.165, 1.54) is 173 Å². The molecule has 9 rings (SSSR count). The third-order valence-electron chi connectivity index (χ3n) is 23.3. The summed E-state index contributed by atoms with van der Waals surface area (Å²) in [4.78, 5) is 42.9. The second kappa shape index (κ2) is 33.0. The summed E-state index contributed by atoms with van der Waals surface area (Å²) in [7, 11) is 0. The minimum absolute atomic E-state index is 0.0877. The van der Waals surface area contributed by atoms with Gasteiger partial charge in [-0.05, 0) is 295 Å². The van der Waals surface area contributed by atoms with E-state index in [4.69, 9.17) is 20.4 Å². The fourth-order valence-corrected chi connectivity index (χ4v) is 15.8. The minimum atomic E-state index is -0.914. The zero-order valence-electron chi connectivity index (χ0n) is 67.2. The van der Waals surface area contributed by atoms with Gasteiger partial charge in [0.15, 0.2) is 0 Å². The van der Waals surface area contributed by atoms with Gasteiger partial charge in [-0.1, -0.05) is 232 Å². The molecule has 0 aliphatic heterocycles. The third-order valence-corrected chi connectivity index (χ3v) is 23.3. The fourth-order valence-electron chi connectivity index (χ4n) is 15.8. The van der Waals surface area contributed by atoms with Crippen molar-refractivity contribution in [2.24, 2.45) is 16.7 Å². The van der Waals surface area contributed by atoms with E-state index in [0.717, 1.165) is 41.6 Å². The van der Waals surface area contributed by atoms with E-state index in [2.05, 4.69) is 217 Å². The van der Waals surface area contributed by atoms with Crippen LogP contribution >= 0.6 is 0 Å². The lowest BCUT2D eigenvalue weighted by molar-refractivity contribution is -0.132. The van der Waals surface area contributed by atoms with E-state index in [1.807, 2.05) is 50.3 Å². The average molecular weight is 1390 g/mol. The van der Waals surface area contributed by atoms with Crippen molar-refractivity contribution in [2.75, 3.05) is 0 Å². The van der Waals surface area contributed by atoms with Gasteiger partial charge in [-0.25, -0.2) is 19.2 Å². The summed E-state index contributed by atoms with van der Waals surface area (Å²) >= 11 is 0. The average Bonchev–Trinajstić information content (AvgIpc) is 1.44. The smallest absolute Gasteiger partial charge is 0.328 e. The molecule has 0 unspecified atom stereocenters. The molecule has 0 atom stereocenters. The van der Waals surface area contributed by atoms with E-state index in [0.29, 0.717) is 16.7 Å². The minimum Gasteiger partial charge on any atom is -0.478 e. The number of hydrogen-bond acceptors (Lipinski definition) is 4. The molecule has 3 aromatic carbocycles. The quantitative estimate of drug-likeness (QED) is 0.0685. The molecular formula is C94H128O8. The normalized spacial score (nSPS) is 21.3. The van der Waals surface area contributed by atoms with Crippen LogP contribution in [-0.4, -0.2) is 44.3 Å². The van der Waals surface area contributed by atoms with Crippen molar-refractivity contribution < 1.29 is 39.6 Å². The van der Waals surface area contributed by atoms with Gasteiger partial charge in [-0.2, -0.15) is 0 Å². The molecule has 3 aromatic rings. The van der Waals surface area contributed by atoms with Gasteiger partial charge in [0.2, 0.25) is 0 Å². The largest absolute Gasteiger partial charge is 0.478 e. The Morgan fingerprint density at radius 3 is 1.28 bits per heavy atom. The lowest BCUT2D eigenvalue weighted by Gasteiger charge is -2.42. The molecule has 8 nitrogen and oxygen atoms in total. The van der Waals surface area contributed by atoms with Gasteiger partial charge in [0.25, 0.3) is 0 Å². The number of carbonyl (C=O) groups is 4. The lowest BCUT2D eigenvalue weighted by Crippen LogP contribution is -2.34. The number of allylic oxidation sites excluding steroid dienone is 20. The zero-order valence-corrected chi connectivity index (χ0v) is 67.2. The summed E-state index contributed by atoms with van der Waals surface area (Å²) in [6.07, 6.45) is 46.7. The number of hydrogen-bond donors (Lipinski definition) is 4. The Morgan fingerprint density at radius 2 is 0.843 bits per heavy atom. The number of aryl methyl sites for hydroxylation is 2. The van der Waals surface area contributed by atoms with Crippen molar-refractivity contribution in [3.63, 3.8) is 0 Å². The summed E-state index contributed by atoms with van der Waals surface area (Å²) in [5.74, 6) is -3.20. The van der Waals surface area contributed by atoms with Gasteiger partial charge < -0.3 is 20.4 Å². The van der Waals surface area contributed by atoms with Crippen LogP contribution < -0.4 is 0 Å². The Balaban J connectivity index is 0.000000214. The Labute approximate surface area is 616 Å². The first-order chi connectivity index (χ1) is 47.1. The molecule has 0 saturated heterocycles. The summed E-state index contributed by atoms with van der Waals surface area (Å²) < 4.78 is 0. The third kappa shape index (κ3) is 22.2. The van der Waals surface area contributed by atoms with Gasteiger partial charge >= 0.3 is 23.9 Å². The summed E-state index contributed by atoms with van der Waals surface area (Å²) in [5.41, 5.74) is 26.1. The molecule has 6 aliphatic rings. The molecule has 0 spiro atoms. The first-order valence-electron chi connectivity index (χ1n) is 37.7. The molecule has 0 radical (unpaired) electrons. The Kier molecular flexibility index (Phi) is 27.0. The van der Waals surface area contributed by atoms with Crippen LogP contribution in [0.3, 0.4) is 0 Å². The number of carboxylic acids is 4. The maximum Gasteiger partial charge on any atom is 0.328 e. The van der Waals surface area contributed by atoms with Crippen LogP contribution in [0.2, 0.25) is 0 Å². The highest BCUT2D eigenvalue weighted by Crippen LogP contribution is 2.56. The molecule has 0 aromatic heterocycles. The second-order valence-electron chi connectivity index (χ2n) is 36.0. The zero-order chi connectivity index (χ0) is 76.5. The van der Waals surface area contributed by atoms with Crippen molar-refractivity contribution >= 4 is 35.0 Å². The van der Waals surface area contributed by atoms with E-state index < -0.39 is 23.9 Å². The number of carboxylic acid groups (broad SMARTS) is 4. The van der Waals surface area contributed by atoms with Gasteiger partial charge in [-0.15, -0.1) is 0 Å². The highest BCUT2D eigenvalue weighted by Gasteiger charge is 2.46. The van der Waals surface area contributed by atoms with Gasteiger partial charge in [0, 0.05) is 29.7 Å². The first kappa shape index (κ1) is 83.4.